The van der Waals surface area contributed by atoms with Gasteiger partial charge in [0.1, 0.15) is 11.5 Å². The molecule has 0 saturated heterocycles. The summed E-state index contributed by atoms with van der Waals surface area (Å²) in [6.45, 7) is 9.76. The van der Waals surface area contributed by atoms with Crippen molar-refractivity contribution in [1.82, 2.24) is 10.6 Å². The molecule has 2 rings (SSSR count). The van der Waals surface area contributed by atoms with Gasteiger partial charge in [-0.1, -0.05) is 38.1 Å². The average molecular weight is 356 g/mol. The molecule has 0 radical (unpaired) electrons. The van der Waals surface area contributed by atoms with Crippen molar-refractivity contribution in [3.8, 4) is 0 Å². The van der Waals surface area contributed by atoms with Crippen molar-refractivity contribution in [2.24, 2.45) is 5.92 Å². The van der Waals surface area contributed by atoms with Crippen LogP contribution in [0.5, 0.6) is 0 Å². The molecule has 2 amide bonds. The lowest BCUT2D eigenvalue weighted by molar-refractivity contribution is -0.120. The van der Waals surface area contributed by atoms with Crippen LogP contribution in [0.3, 0.4) is 0 Å². The second-order valence-corrected chi connectivity index (χ2v) is 7.14. The van der Waals surface area contributed by atoms with Crippen LogP contribution in [0.15, 0.2) is 34.7 Å². The predicted octanol–water partition coefficient (Wildman–Crippen LogP) is 3.70. The Labute approximate surface area is 155 Å². The third-order valence-electron chi connectivity index (χ3n) is 4.20. The third kappa shape index (κ3) is 5.48. The van der Waals surface area contributed by atoms with E-state index in [2.05, 4.69) is 36.6 Å². The number of aryl methyl sites for hydroxylation is 2. The largest absolute Gasteiger partial charge is 0.466 e. The first-order valence-electron chi connectivity index (χ1n) is 8.99. The fourth-order valence-electron chi connectivity index (χ4n) is 2.90. The summed E-state index contributed by atoms with van der Waals surface area (Å²) < 4.78 is 5.34. The normalized spacial score (nSPS) is 12.1. The number of amides is 2. The number of carbonyl (C=O) groups excluding carboxylic acids is 2. The molecule has 0 spiro atoms. The third-order valence-corrected chi connectivity index (χ3v) is 4.20. The van der Waals surface area contributed by atoms with Crippen LogP contribution < -0.4 is 10.6 Å². The molecule has 1 aromatic heterocycles. The van der Waals surface area contributed by atoms with E-state index in [4.69, 9.17) is 4.42 Å². The second-order valence-electron chi connectivity index (χ2n) is 7.14. The summed E-state index contributed by atoms with van der Waals surface area (Å²) in [5.41, 5.74) is 2.79. The van der Waals surface area contributed by atoms with Gasteiger partial charge in [0.05, 0.1) is 18.2 Å². The quantitative estimate of drug-likeness (QED) is 0.794. The van der Waals surface area contributed by atoms with E-state index in [1.165, 1.54) is 5.56 Å². The van der Waals surface area contributed by atoms with Gasteiger partial charge >= 0.3 is 0 Å². The van der Waals surface area contributed by atoms with Gasteiger partial charge in [0.2, 0.25) is 5.91 Å². The van der Waals surface area contributed by atoms with E-state index < -0.39 is 0 Å². The number of carbonyl (C=O) groups is 2. The topological polar surface area (TPSA) is 71.3 Å². The monoisotopic (exact) mass is 356 g/mol. The van der Waals surface area contributed by atoms with Crippen molar-refractivity contribution in [2.75, 3.05) is 6.54 Å². The maximum absolute atomic E-state index is 12.1. The highest BCUT2D eigenvalue weighted by atomic mass is 16.3. The summed E-state index contributed by atoms with van der Waals surface area (Å²) in [6, 6.07) is 9.83. The Morgan fingerprint density at radius 3 is 2.27 bits per heavy atom. The highest BCUT2D eigenvalue weighted by molar-refractivity contribution is 5.97. The van der Waals surface area contributed by atoms with Gasteiger partial charge in [-0.05, 0) is 50.3 Å². The van der Waals surface area contributed by atoms with Crippen molar-refractivity contribution < 1.29 is 14.0 Å². The molecule has 5 nitrogen and oxygen atoms in total. The highest BCUT2D eigenvalue weighted by Crippen LogP contribution is 2.16. The van der Waals surface area contributed by atoms with E-state index in [9.17, 15) is 9.59 Å². The van der Waals surface area contributed by atoms with Crippen LogP contribution in [0.2, 0.25) is 0 Å². The van der Waals surface area contributed by atoms with E-state index >= 15 is 0 Å². The zero-order valence-corrected chi connectivity index (χ0v) is 16.2. The Balaban J connectivity index is 1.85. The summed E-state index contributed by atoms with van der Waals surface area (Å²) in [5, 5.41) is 5.54. The lowest BCUT2D eigenvalue weighted by Crippen LogP contribution is -2.38. The molecule has 0 aliphatic heterocycles. The Bertz CT molecular complexity index is 760. The summed E-state index contributed by atoms with van der Waals surface area (Å²) >= 11 is 0. The van der Waals surface area contributed by atoms with E-state index in [0.717, 1.165) is 12.0 Å². The minimum atomic E-state index is -0.305. The van der Waals surface area contributed by atoms with Crippen molar-refractivity contribution in [2.45, 2.75) is 47.1 Å². The Kier molecular flexibility index (Phi) is 6.61. The standard InChI is InChI=1S/C21H28N2O3/c1-13(2)10-17-6-8-18(9-7-17)15(4)23-20(24)12-22-21(25)19-11-14(3)26-16(19)5/h6-9,11,13,15H,10,12H2,1-5H3,(H,22,25)(H,23,24). The van der Waals surface area contributed by atoms with Gasteiger partial charge in [-0.2, -0.15) is 0 Å². The molecule has 2 N–H and O–H groups in total. The minimum absolute atomic E-state index is 0.0712. The molecule has 1 atom stereocenters. The molecule has 2 aromatic rings. The summed E-state index contributed by atoms with van der Waals surface area (Å²) in [5.74, 6) is 1.31. The number of benzene rings is 1. The summed E-state index contributed by atoms with van der Waals surface area (Å²) in [6.07, 6.45) is 1.04. The fraction of sp³-hybridized carbons (Fsp3) is 0.429. The smallest absolute Gasteiger partial charge is 0.255 e. The molecular weight excluding hydrogens is 328 g/mol. The lowest BCUT2D eigenvalue weighted by atomic mass is 10.00. The van der Waals surface area contributed by atoms with Gasteiger partial charge in [-0.15, -0.1) is 0 Å². The molecule has 0 fully saturated rings. The Morgan fingerprint density at radius 2 is 1.73 bits per heavy atom. The van der Waals surface area contributed by atoms with Crippen LogP contribution in [0.1, 0.15) is 59.8 Å². The second kappa shape index (κ2) is 8.70. The van der Waals surface area contributed by atoms with E-state index in [1.807, 2.05) is 19.1 Å². The van der Waals surface area contributed by atoms with Gasteiger partial charge in [0.15, 0.2) is 0 Å². The number of rotatable bonds is 7. The van der Waals surface area contributed by atoms with E-state index in [1.54, 1.807) is 19.9 Å². The Hall–Kier alpha value is -2.56. The van der Waals surface area contributed by atoms with Crippen LogP contribution >= 0.6 is 0 Å². The molecule has 5 heteroatoms. The van der Waals surface area contributed by atoms with Crippen molar-refractivity contribution in [3.05, 3.63) is 58.5 Å². The molecule has 26 heavy (non-hydrogen) atoms. The maximum atomic E-state index is 12.1. The summed E-state index contributed by atoms with van der Waals surface area (Å²) in [7, 11) is 0. The maximum Gasteiger partial charge on any atom is 0.255 e. The van der Waals surface area contributed by atoms with Gasteiger partial charge < -0.3 is 15.1 Å². The zero-order chi connectivity index (χ0) is 19.3. The van der Waals surface area contributed by atoms with Gasteiger partial charge in [-0.3, -0.25) is 9.59 Å². The molecule has 0 aliphatic carbocycles. The molecule has 1 aromatic carbocycles. The average Bonchev–Trinajstić information content (AvgIpc) is 2.91. The summed E-state index contributed by atoms with van der Waals surface area (Å²) in [4.78, 5) is 24.2. The molecule has 1 unspecified atom stereocenters. The van der Waals surface area contributed by atoms with Gasteiger partial charge in [-0.25, -0.2) is 0 Å². The SMILES string of the molecule is Cc1cc(C(=O)NCC(=O)NC(C)c2ccc(CC(C)C)cc2)c(C)o1. The van der Waals surface area contributed by atoms with Crippen molar-refractivity contribution >= 4 is 11.8 Å². The van der Waals surface area contributed by atoms with Crippen LogP contribution in [0.4, 0.5) is 0 Å². The van der Waals surface area contributed by atoms with Crippen LogP contribution in [-0.2, 0) is 11.2 Å². The van der Waals surface area contributed by atoms with Crippen LogP contribution in [0, 0.1) is 19.8 Å². The van der Waals surface area contributed by atoms with Crippen LogP contribution in [-0.4, -0.2) is 18.4 Å². The number of hydrogen-bond acceptors (Lipinski definition) is 3. The zero-order valence-electron chi connectivity index (χ0n) is 16.2. The van der Waals surface area contributed by atoms with Gasteiger partial charge in [0, 0.05) is 0 Å². The first-order valence-corrected chi connectivity index (χ1v) is 8.99. The fourth-order valence-corrected chi connectivity index (χ4v) is 2.90. The van der Waals surface area contributed by atoms with Crippen molar-refractivity contribution in [1.29, 1.82) is 0 Å². The minimum Gasteiger partial charge on any atom is -0.466 e. The predicted molar refractivity (Wildman–Crippen MR) is 102 cm³/mol. The number of nitrogens with one attached hydrogen (secondary N) is 2. The molecule has 1 heterocycles. The molecule has 0 saturated carbocycles. The van der Waals surface area contributed by atoms with E-state index in [0.29, 0.717) is 23.0 Å². The molecule has 0 aliphatic rings. The first-order chi connectivity index (χ1) is 12.3. The number of hydrogen-bond donors (Lipinski definition) is 2. The van der Waals surface area contributed by atoms with E-state index in [-0.39, 0.29) is 24.4 Å². The highest BCUT2D eigenvalue weighted by Gasteiger charge is 2.15. The van der Waals surface area contributed by atoms with Gasteiger partial charge in [0.25, 0.3) is 5.91 Å². The first kappa shape index (κ1) is 19.8. The van der Waals surface area contributed by atoms with Crippen molar-refractivity contribution in [3.63, 3.8) is 0 Å². The Morgan fingerprint density at radius 1 is 1.08 bits per heavy atom. The molecule has 140 valence electrons. The number of furan rings is 1. The molecular formula is C21H28N2O3. The molecule has 0 bridgehead atoms. The lowest BCUT2D eigenvalue weighted by Gasteiger charge is -2.15. The van der Waals surface area contributed by atoms with Crippen LogP contribution in [0.25, 0.3) is 0 Å².